The third-order valence-corrected chi connectivity index (χ3v) is 5.37. The van der Waals surface area contributed by atoms with E-state index in [0.29, 0.717) is 0 Å². The first-order valence-electron chi connectivity index (χ1n) is 6.90. The summed E-state index contributed by atoms with van der Waals surface area (Å²) in [6, 6.07) is 9.48. The maximum Gasteiger partial charge on any atom is 0.123 e. The predicted octanol–water partition coefficient (Wildman–Crippen LogP) is 5.11. The molecule has 0 bridgehead atoms. The molecule has 20 heavy (non-hydrogen) atoms. The van der Waals surface area contributed by atoms with E-state index in [9.17, 15) is 4.39 Å². The lowest BCUT2D eigenvalue weighted by molar-refractivity contribution is 0.553. The fourth-order valence-corrected chi connectivity index (χ4v) is 3.65. The van der Waals surface area contributed by atoms with Crippen LogP contribution in [0.5, 0.6) is 0 Å². The van der Waals surface area contributed by atoms with Crippen molar-refractivity contribution in [1.29, 1.82) is 0 Å². The van der Waals surface area contributed by atoms with Gasteiger partial charge in [-0.15, -0.1) is 11.3 Å². The Kier molecular flexibility index (Phi) is 5.75. The standard InChI is InChI=1S/C16H19BrFNS/c1-3-13-6-8-16(20-13)15(19-4-2)10-11-9-12(18)5-7-14(11)17/h5-9,15,19H,3-4,10H2,1-2H3. The first-order chi connectivity index (χ1) is 9.63. The van der Waals surface area contributed by atoms with Gasteiger partial charge in [-0.05, 0) is 55.3 Å². The Hall–Kier alpha value is -0.710. The molecule has 4 heteroatoms. The lowest BCUT2D eigenvalue weighted by Gasteiger charge is -2.17. The minimum Gasteiger partial charge on any atom is -0.309 e. The molecule has 0 saturated carbocycles. The third kappa shape index (κ3) is 3.90. The summed E-state index contributed by atoms with van der Waals surface area (Å²) < 4.78 is 14.4. The van der Waals surface area contributed by atoms with Crippen molar-refractivity contribution in [2.24, 2.45) is 0 Å². The van der Waals surface area contributed by atoms with Crippen LogP contribution in [-0.4, -0.2) is 6.54 Å². The largest absolute Gasteiger partial charge is 0.309 e. The Morgan fingerprint density at radius 1 is 1.25 bits per heavy atom. The molecule has 1 nitrogen and oxygen atoms in total. The zero-order valence-corrected chi connectivity index (χ0v) is 14.2. The van der Waals surface area contributed by atoms with E-state index in [0.717, 1.165) is 29.4 Å². The molecular weight excluding hydrogens is 337 g/mol. The first-order valence-corrected chi connectivity index (χ1v) is 8.50. The van der Waals surface area contributed by atoms with Crippen LogP contribution in [-0.2, 0) is 12.8 Å². The second kappa shape index (κ2) is 7.34. The average Bonchev–Trinajstić information content (AvgIpc) is 2.91. The minimum atomic E-state index is -0.182. The zero-order chi connectivity index (χ0) is 14.5. The third-order valence-electron chi connectivity index (χ3n) is 3.26. The summed E-state index contributed by atoms with van der Waals surface area (Å²) in [5.74, 6) is -0.182. The van der Waals surface area contributed by atoms with Gasteiger partial charge in [0.2, 0.25) is 0 Å². The number of nitrogens with one attached hydrogen (secondary N) is 1. The normalized spacial score (nSPS) is 12.6. The molecule has 1 unspecified atom stereocenters. The van der Waals surface area contributed by atoms with Crippen molar-refractivity contribution in [2.75, 3.05) is 6.54 Å². The molecule has 2 aromatic rings. The van der Waals surface area contributed by atoms with E-state index in [1.54, 1.807) is 12.1 Å². The fourth-order valence-electron chi connectivity index (χ4n) is 2.21. The molecule has 0 spiro atoms. The van der Waals surface area contributed by atoms with E-state index < -0.39 is 0 Å². The monoisotopic (exact) mass is 355 g/mol. The van der Waals surface area contributed by atoms with Crippen LogP contribution in [0.15, 0.2) is 34.8 Å². The summed E-state index contributed by atoms with van der Waals surface area (Å²) in [7, 11) is 0. The van der Waals surface area contributed by atoms with Crippen molar-refractivity contribution in [2.45, 2.75) is 32.7 Å². The fraction of sp³-hybridized carbons (Fsp3) is 0.375. The van der Waals surface area contributed by atoms with Crippen LogP contribution in [0.4, 0.5) is 4.39 Å². The molecule has 1 atom stereocenters. The van der Waals surface area contributed by atoms with Gasteiger partial charge < -0.3 is 5.32 Å². The van der Waals surface area contributed by atoms with Crippen molar-refractivity contribution < 1.29 is 4.39 Å². The Morgan fingerprint density at radius 3 is 2.70 bits per heavy atom. The van der Waals surface area contributed by atoms with Crippen molar-refractivity contribution in [3.63, 3.8) is 0 Å². The molecule has 1 N–H and O–H groups in total. The average molecular weight is 356 g/mol. The molecule has 2 rings (SSSR count). The summed E-state index contributed by atoms with van der Waals surface area (Å²) in [5.41, 5.74) is 1.00. The molecule has 0 aliphatic rings. The van der Waals surface area contributed by atoms with Gasteiger partial charge >= 0.3 is 0 Å². The Bertz CT molecular complexity index is 567. The van der Waals surface area contributed by atoms with Crippen molar-refractivity contribution in [1.82, 2.24) is 5.32 Å². The maximum absolute atomic E-state index is 13.4. The number of rotatable bonds is 6. The van der Waals surface area contributed by atoms with Crippen LogP contribution < -0.4 is 5.32 Å². The number of likely N-dealkylation sites (N-methyl/N-ethyl adjacent to an activating group) is 1. The molecule has 1 aromatic heterocycles. The Balaban J connectivity index is 2.22. The second-order valence-electron chi connectivity index (χ2n) is 4.71. The van der Waals surface area contributed by atoms with Crippen LogP contribution in [0.2, 0.25) is 0 Å². The molecular formula is C16H19BrFNS. The molecule has 0 amide bonds. The van der Waals surface area contributed by atoms with E-state index in [4.69, 9.17) is 0 Å². The lowest BCUT2D eigenvalue weighted by atomic mass is 10.0. The van der Waals surface area contributed by atoms with Gasteiger partial charge in [0.25, 0.3) is 0 Å². The topological polar surface area (TPSA) is 12.0 Å². The SMILES string of the molecule is CCNC(Cc1cc(F)ccc1Br)c1ccc(CC)s1. The van der Waals surface area contributed by atoms with Gasteiger partial charge in [0.05, 0.1) is 0 Å². The van der Waals surface area contributed by atoms with Crippen LogP contribution in [0.1, 0.15) is 35.2 Å². The number of hydrogen-bond donors (Lipinski definition) is 1. The van der Waals surface area contributed by atoms with Crippen LogP contribution >= 0.6 is 27.3 Å². The van der Waals surface area contributed by atoms with Gasteiger partial charge in [0, 0.05) is 20.3 Å². The van der Waals surface area contributed by atoms with E-state index in [-0.39, 0.29) is 11.9 Å². The summed E-state index contributed by atoms with van der Waals surface area (Å²) in [4.78, 5) is 2.71. The van der Waals surface area contributed by atoms with Crippen LogP contribution in [0, 0.1) is 5.82 Å². The molecule has 0 fully saturated rings. The second-order valence-corrected chi connectivity index (χ2v) is 6.76. The summed E-state index contributed by atoms with van der Waals surface area (Å²) in [5, 5.41) is 3.50. The minimum absolute atomic E-state index is 0.182. The quantitative estimate of drug-likeness (QED) is 0.759. The Morgan fingerprint density at radius 2 is 2.05 bits per heavy atom. The predicted molar refractivity (Wildman–Crippen MR) is 87.9 cm³/mol. The van der Waals surface area contributed by atoms with Gasteiger partial charge in [-0.25, -0.2) is 4.39 Å². The van der Waals surface area contributed by atoms with E-state index in [2.05, 4.69) is 47.2 Å². The number of hydrogen-bond acceptors (Lipinski definition) is 2. The number of benzene rings is 1. The van der Waals surface area contributed by atoms with Crippen LogP contribution in [0.25, 0.3) is 0 Å². The highest BCUT2D eigenvalue weighted by atomic mass is 79.9. The highest BCUT2D eigenvalue weighted by Crippen LogP contribution is 2.29. The smallest absolute Gasteiger partial charge is 0.123 e. The highest BCUT2D eigenvalue weighted by Gasteiger charge is 2.15. The van der Waals surface area contributed by atoms with Crippen molar-refractivity contribution in [3.8, 4) is 0 Å². The van der Waals surface area contributed by atoms with Gasteiger partial charge in [-0.3, -0.25) is 0 Å². The molecule has 1 heterocycles. The first kappa shape index (κ1) is 15.7. The van der Waals surface area contributed by atoms with Crippen LogP contribution in [0.3, 0.4) is 0 Å². The molecule has 1 aromatic carbocycles. The molecule has 108 valence electrons. The summed E-state index contributed by atoms with van der Waals surface area (Å²) >= 11 is 5.35. The molecule has 0 aliphatic heterocycles. The van der Waals surface area contributed by atoms with Gasteiger partial charge in [0.1, 0.15) is 5.82 Å². The number of thiophene rings is 1. The zero-order valence-electron chi connectivity index (χ0n) is 11.7. The molecule has 0 radical (unpaired) electrons. The van der Waals surface area contributed by atoms with E-state index in [1.807, 2.05) is 11.3 Å². The number of aryl methyl sites for hydroxylation is 1. The highest BCUT2D eigenvalue weighted by molar-refractivity contribution is 9.10. The van der Waals surface area contributed by atoms with Gasteiger partial charge in [-0.2, -0.15) is 0 Å². The van der Waals surface area contributed by atoms with E-state index >= 15 is 0 Å². The summed E-state index contributed by atoms with van der Waals surface area (Å²) in [6.45, 7) is 5.17. The molecule has 0 saturated heterocycles. The van der Waals surface area contributed by atoms with Crippen molar-refractivity contribution >= 4 is 27.3 Å². The Labute approximate surface area is 132 Å². The van der Waals surface area contributed by atoms with Gasteiger partial charge in [0.15, 0.2) is 0 Å². The lowest BCUT2D eigenvalue weighted by Crippen LogP contribution is -2.22. The van der Waals surface area contributed by atoms with Gasteiger partial charge in [-0.1, -0.05) is 29.8 Å². The number of halogens is 2. The van der Waals surface area contributed by atoms with Crippen molar-refractivity contribution in [3.05, 3.63) is 55.9 Å². The maximum atomic E-state index is 13.4. The molecule has 0 aliphatic carbocycles. The van der Waals surface area contributed by atoms with E-state index in [1.165, 1.54) is 15.8 Å². The summed E-state index contributed by atoms with van der Waals surface area (Å²) in [6.07, 6.45) is 1.85.